The Morgan fingerprint density at radius 2 is 1.77 bits per heavy atom. The molecule has 0 amide bonds. The summed E-state index contributed by atoms with van der Waals surface area (Å²) >= 11 is 0. The second kappa shape index (κ2) is 4.14. The van der Waals surface area contributed by atoms with Gasteiger partial charge in [0.1, 0.15) is 0 Å². The van der Waals surface area contributed by atoms with Gasteiger partial charge in [-0.3, -0.25) is 0 Å². The largest absolute Gasteiger partial charge is 0.119 e. The highest BCUT2D eigenvalue weighted by molar-refractivity contribution is 5.31. The first-order valence-corrected chi connectivity index (χ1v) is 4.71. The summed E-state index contributed by atoms with van der Waals surface area (Å²) < 4.78 is 0. The summed E-state index contributed by atoms with van der Waals surface area (Å²) in [6.45, 7) is 6.44. The van der Waals surface area contributed by atoms with Crippen molar-refractivity contribution in [3.8, 4) is 12.3 Å². The molecule has 1 unspecified atom stereocenters. The van der Waals surface area contributed by atoms with Crippen LogP contribution in [0.15, 0.2) is 24.3 Å². The van der Waals surface area contributed by atoms with Crippen molar-refractivity contribution in [1.29, 1.82) is 0 Å². The van der Waals surface area contributed by atoms with E-state index in [0.29, 0.717) is 5.92 Å². The molecule has 0 saturated carbocycles. The smallest absolute Gasteiger partial charge is 0.0421 e. The predicted octanol–water partition coefficient (Wildman–Crippen LogP) is 3.55. The molecule has 0 radical (unpaired) electrons. The molecule has 0 aliphatic heterocycles. The van der Waals surface area contributed by atoms with E-state index in [1.54, 1.807) is 0 Å². The SMILES string of the molecule is C#CC(C)c1cccc(C(C)C)c1. The molecule has 0 N–H and O–H groups in total. The molecule has 0 heteroatoms. The van der Waals surface area contributed by atoms with Crippen LogP contribution < -0.4 is 0 Å². The van der Waals surface area contributed by atoms with Crippen LogP contribution in [0, 0.1) is 12.3 Å². The van der Waals surface area contributed by atoms with E-state index in [-0.39, 0.29) is 5.92 Å². The molecule has 0 aromatic heterocycles. The van der Waals surface area contributed by atoms with E-state index < -0.39 is 0 Å². The minimum absolute atomic E-state index is 0.221. The molecule has 0 saturated heterocycles. The average molecular weight is 172 g/mol. The average Bonchev–Trinajstić information content (AvgIpc) is 2.17. The lowest BCUT2D eigenvalue weighted by Crippen LogP contribution is -1.93. The Balaban J connectivity index is 3.00. The molecule has 68 valence electrons. The Labute approximate surface area is 81.0 Å². The van der Waals surface area contributed by atoms with Gasteiger partial charge < -0.3 is 0 Å². The Morgan fingerprint density at radius 3 is 2.31 bits per heavy atom. The monoisotopic (exact) mass is 172 g/mol. The lowest BCUT2D eigenvalue weighted by molar-refractivity contribution is 0.858. The van der Waals surface area contributed by atoms with Gasteiger partial charge in [0.05, 0.1) is 0 Å². The second-order valence-corrected chi connectivity index (χ2v) is 3.71. The Kier molecular flexibility index (Phi) is 3.14. The third kappa shape index (κ3) is 2.36. The second-order valence-electron chi connectivity index (χ2n) is 3.71. The van der Waals surface area contributed by atoms with Gasteiger partial charge in [-0.05, 0) is 24.0 Å². The van der Waals surface area contributed by atoms with E-state index in [9.17, 15) is 0 Å². The lowest BCUT2D eigenvalue weighted by Gasteiger charge is -2.09. The van der Waals surface area contributed by atoms with Gasteiger partial charge in [-0.15, -0.1) is 6.42 Å². The molecular formula is C13H16. The van der Waals surface area contributed by atoms with Crippen LogP contribution in [0.3, 0.4) is 0 Å². The van der Waals surface area contributed by atoms with Crippen LogP contribution in [0.1, 0.15) is 43.7 Å². The van der Waals surface area contributed by atoms with E-state index in [4.69, 9.17) is 6.42 Å². The van der Waals surface area contributed by atoms with Crippen LogP contribution in [-0.4, -0.2) is 0 Å². The quantitative estimate of drug-likeness (QED) is 0.598. The fourth-order valence-corrected chi connectivity index (χ4v) is 1.28. The molecule has 0 fully saturated rings. The first-order chi connectivity index (χ1) is 6.15. The zero-order valence-electron chi connectivity index (χ0n) is 8.54. The van der Waals surface area contributed by atoms with Crippen molar-refractivity contribution < 1.29 is 0 Å². The van der Waals surface area contributed by atoms with Crippen molar-refractivity contribution >= 4 is 0 Å². The maximum atomic E-state index is 5.38. The number of hydrogen-bond donors (Lipinski definition) is 0. The highest BCUT2D eigenvalue weighted by atomic mass is 14.1. The van der Waals surface area contributed by atoms with Gasteiger partial charge in [0.25, 0.3) is 0 Å². The van der Waals surface area contributed by atoms with Crippen molar-refractivity contribution in [2.75, 3.05) is 0 Å². The molecule has 0 aliphatic rings. The molecular weight excluding hydrogens is 156 g/mol. The van der Waals surface area contributed by atoms with E-state index in [0.717, 1.165) is 0 Å². The minimum Gasteiger partial charge on any atom is -0.119 e. The van der Waals surface area contributed by atoms with Crippen LogP contribution in [0.2, 0.25) is 0 Å². The van der Waals surface area contributed by atoms with Crippen LogP contribution >= 0.6 is 0 Å². The topological polar surface area (TPSA) is 0 Å². The van der Waals surface area contributed by atoms with Gasteiger partial charge in [-0.1, -0.05) is 44.0 Å². The Morgan fingerprint density at radius 1 is 1.15 bits per heavy atom. The van der Waals surface area contributed by atoms with Crippen molar-refractivity contribution in [3.63, 3.8) is 0 Å². The molecule has 0 heterocycles. The third-order valence-corrected chi connectivity index (χ3v) is 2.33. The lowest BCUT2D eigenvalue weighted by atomic mass is 9.95. The number of terminal acetylenes is 1. The molecule has 0 aliphatic carbocycles. The van der Waals surface area contributed by atoms with Crippen molar-refractivity contribution in [2.24, 2.45) is 0 Å². The highest BCUT2D eigenvalue weighted by Gasteiger charge is 2.03. The van der Waals surface area contributed by atoms with Crippen LogP contribution in [-0.2, 0) is 0 Å². The summed E-state index contributed by atoms with van der Waals surface area (Å²) in [7, 11) is 0. The summed E-state index contributed by atoms with van der Waals surface area (Å²) in [5, 5.41) is 0. The number of hydrogen-bond acceptors (Lipinski definition) is 0. The first kappa shape index (κ1) is 9.86. The maximum Gasteiger partial charge on any atom is 0.0421 e. The van der Waals surface area contributed by atoms with Gasteiger partial charge in [0.15, 0.2) is 0 Å². The summed E-state index contributed by atoms with van der Waals surface area (Å²) in [4.78, 5) is 0. The zero-order chi connectivity index (χ0) is 9.84. The van der Waals surface area contributed by atoms with Gasteiger partial charge in [0.2, 0.25) is 0 Å². The van der Waals surface area contributed by atoms with E-state index >= 15 is 0 Å². The summed E-state index contributed by atoms with van der Waals surface area (Å²) in [5.74, 6) is 3.54. The van der Waals surface area contributed by atoms with E-state index in [2.05, 4.69) is 51.0 Å². The summed E-state index contributed by atoms with van der Waals surface area (Å²) in [5.41, 5.74) is 2.60. The minimum atomic E-state index is 0.221. The maximum absolute atomic E-state index is 5.38. The van der Waals surface area contributed by atoms with Crippen LogP contribution in [0.4, 0.5) is 0 Å². The van der Waals surface area contributed by atoms with Crippen LogP contribution in [0.25, 0.3) is 0 Å². The van der Waals surface area contributed by atoms with Gasteiger partial charge in [-0.2, -0.15) is 0 Å². The summed E-state index contributed by atoms with van der Waals surface area (Å²) in [6.07, 6.45) is 5.38. The standard InChI is InChI=1S/C13H16/c1-5-11(4)13-8-6-7-12(9-13)10(2)3/h1,6-11H,2-4H3. The fraction of sp³-hybridized carbons (Fsp3) is 0.385. The first-order valence-electron chi connectivity index (χ1n) is 4.71. The zero-order valence-corrected chi connectivity index (χ0v) is 8.54. The van der Waals surface area contributed by atoms with Crippen LogP contribution in [0.5, 0.6) is 0 Å². The van der Waals surface area contributed by atoms with Gasteiger partial charge >= 0.3 is 0 Å². The molecule has 13 heavy (non-hydrogen) atoms. The molecule has 0 nitrogen and oxygen atoms in total. The van der Waals surface area contributed by atoms with Gasteiger partial charge in [0, 0.05) is 5.92 Å². The number of rotatable bonds is 2. The molecule has 1 aromatic rings. The van der Waals surface area contributed by atoms with E-state index in [1.165, 1.54) is 11.1 Å². The van der Waals surface area contributed by atoms with Crippen molar-refractivity contribution in [1.82, 2.24) is 0 Å². The van der Waals surface area contributed by atoms with Crippen molar-refractivity contribution in [2.45, 2.75) is 32.6 Å². The number of benzene rings is 1. The normalized spacial score (nSPS) is 12.5. The summed E-state index contributed by atoms with van der Waals surface area (Å²) in [6, 6.07) is 8.53. The molecule has 1 rings (SSSR count). The highest BCUT2D eigenvalue weighted by Crippen LogP contribution is 2.20. The fourth-order valence-electron chi connectivity index (χ4n) is 1.28. The molecule has 1 aromatic carbocycles. The van der Waals surface area contributed by atoms with Gasteiger partial charge in [-0.25, -0.2) is 0 Å². The molecule has 0 spiro atoms. The third-order valence-electron chi connectivity index (χ3n) is 2.33. The van der Waals surface area contributed by atoms with E-state index in [1.807, 2.05) is 0 Å². The Hall–Kier alpha value is -1.22. The molecule has 0 bridgehead atoms. The Bertz CT molecular complexity index is 315. The van der Waals surface area contributed by atoms with Crippen molar-refractivity contribution in [3.05, 3.63) is 35.4 Å². The molecule has 1 atom stereocenters. The predicted molar refractivity (Wildman–Crippen MR) is 57.8 cm³/mol.